The summed E-state index contributed by atoms with van der Waals surface area (Å²) in [4.78, 5) is 0. The molecule has 0 aliphatic rings. The lowest BCUT2D eigenvalue weighted by molar-refractivity contribution is 0.402. The lowest BCUT2D eigenvalue weighted by atomic mass is 9.87. The van der Waals surface area contributed by atoms with E-state index >= 15 is 0 Å². The van der Waals surface area contributed by atoms with E-state index in [4.69, 9.17) is 23.2 Å². The second-order valence-corrected chi connectivity index (χ2v) is 5.47. The number of hydrogen-bond acceptors (Lipinski definition) is 0. The summed E-state index contributed by atoms with van der Waals surface area (Å²) in [5.74, 6) is -0.646. The summed E-state index contributed by atoms with van der Waals surface area (Å²) in [6.07, 6.45) is 0.178. The van der Waals surface area contributed by atoms with E-state index in [1.165, 1.54) is 12.1 Å². The average Bonchev–Trinajstić information content (AvgIpc) is 2.29. The Labute approximate surface area is 112 Å². The fourth-order valence-corrected chi connectivity index (χ4v) is 2.13. The third kappa shape index (κ3) is 3.08. The Balaban J connectivity index is 3.10. The van der Waals surface area contributed by atoms with Crippen LogP contribution in [0, 0.1) is 17.0 Å². The standard InChI is InChI=1S/C11H11BrCl2F2/c1-11(5-13,6-14)4-7-9(15)3-2-8(12)10(7)16/h2-3H,4-6H2,1H3. The first-order valence-corrected chi connectivity index (χ1v) is 6.54. The van der Waals surface area contributed by atoms with Crippen molar-refractivity contribution in [1.29, 1.82) is 0 Å². The first kappa shape index (κ1) is 14.2. The second-order valence-electron chi connectivity index (χ2n) is 4.08. The summed E-state index contributed by atoms with van der Waals surface area (Å²) in [6, 6.07) is 2.57. The van der Waals surface area contributed by atoms with Gasteiger partial charge in [0.05, 0.1) is 4.47 Å². The van der Waals surface area contributed by atoms with Crippen molar-refractivity contribution < 1.29 is 8.78 Å². The first-order chi connectivity index (χ1) is 7.43. The summed E-state index contributed by atoms with van der Waals surface area (Å²) in [5.41, 5.74) is -0.482. The highest BCUT2D eigenvalue weighted by Gasteiger charge is 2.26. The molecule has 0 saturated heterocycles. The van der Waals surface area contributed by atoms with Gasteiger partial charge in [-0.05, 0) is 39.9 Å². The fraction of sp³-hybridized carbons (Fsp3) is 0.455. The number of hydrogen-bond donors (Lipinski definition) is 0. The van der Waals surface area contributed by atoms with Gasteiger partial charge < -0.3 is 0 Å². The maximum atomic E-state index is 13.7. The van der Waals surface area contributed by atoms with Crippen molar-refractivity contribution in [3.63, 3.8) is 0 Å². The van der Waals surface area contributed by atoms with Gasteiger partial charge >= 0.3 is 0 Å². The molecule has 0 fully saturated rings. The van der Waals surface area contributed by atoms with E-state index in [1.807, 2.05) is 0 Å². The Kier molecular flexibility index (Phi) is 5.02. The van der Waals surface area contributed by atoms with E-state index in [0.717, 1.165) is 0 Å². The minimum absolute atomic E-state index is 0.0261. The molecular formula is C11H11BrCl2F2. The van der Waals surface area contributed by atoms with Crippen LogP contribution in [0.25, 0.3) is 0 Å². The van der Waals surface area contributed by atoms with E-state index in [9.17, 15) is 8.78 Å². The summed E-state index contributed by atoms with van der Waals surface area (Å²) in [6.45, 7) is 1.80. The predicted molar refractivity (Wildman–Crippen MR) is 67.3 cm³/mol. The molecule has 5 heteroatoms. The zero-order valence-electron chi connectivity index (χ0n) is 8.67. The summed E-state index contributed by atoms with van der Waals surface area (Å²) < 4.78 is 27.4. The van der Waals surface area contributed by atoms with Crippen LogP contribution in [0.3, 0.4) is 0 Å². The zero-order chi connectivity index (χ0) is 12.3. The number of rotatable bonds is 4. The molecule has 0 nitrogen and oxygen atoms in total. The summed E-state index contributed by atoms with van der Waals surface area (Å²) in [7, 11) is 0. The molecule has 0 amide bonds. The highest BCUT2D eigenvalue weighted by atomic mass is 79.9. The van der Waals surface area contributed by atoms with E-state index in [-0.39, 0.29) is 28.2 Å². The summed E-state index contributed by atoms with van der Waals surface area (Å²) >= 11 is 14.5. The third-order valence-electron chi connectivity index (χ3n) is 2.39. The van der Waals surface area contributed by atoms with E-state index in [1.54, 1.807) is 6.92 Å². The molecule has 0 radical (unpaired) electrons. The van der Waals surface area contributed by atoms with Gasteiger partial charge in [-0.3, -0.25) is 0 Å². The SMILES string of the molecule is CC(CCl)(CCl)Cc1c(F)ccc(Br)c1F. The largest absolute Gasteiger partial charge is 0.207 e. The molecule has 0 atom stereocenters. The van der Waals surface area contributed by atoms with Gasteiger partial charge in [-0.1, -0.05) is 6.92 Å². The highest BCUT2D eigenvalue weighted by molar-refractivity contribution is 9.10. The van der Waals surface area contributed by atoms with Gasteiger partial charge in [-0.15, -0.1) is 23.2 Å². The van der Waals surface area contributed by atoms with Gasteiger partial charge in [0.1, 0.15) is 11.6 Å². The van der Waals surface area contributed by atoms with Gasteiger partial charge in [0.2, 0.25) is 0 Å². The van der Waals surface area contributed by atoms with Crippen LogP contribution in [0.4, 0.5) is 8.78 Å². The molecule has 0 N–H and O–H groups in total. The highest BCUT2D eigenvalue weighted by Crippen LogP contribution is 2.30. The van der Waals surface area contributed by atoms with Crippen LogP contribution in [0.2, 0.25) is 0 Å². The van der Waals surface area contributed by atoms with Gasteiger partial charge in [0.25, 0.3) is 0 Å². The Morgan fingerprint density at radius 2 is 1.81 bits per heavy atom. The van der Waals surface area contributed by atoms with Gasteiger partial charge in [-0.2, -0.15) is 0 Å². The topological polar surface area (TPSA) is 0 Å². The first-order valence-electron chi connectivity index (χ1n) is 4.68. The monoisotopic (exact) mass is 330 g/mol. The molecule has 90 valence electrons. The van der Waals surface area contributed by atoms with Gasteiger partial charge in [0.15, 0.2) is 0 Å². The maximum Gasteiger partial charge on any atom is 0.143 e. The van der Waals surface area contributed by atoms with Gasteiger partial charge in [-0.25, -0.2) is 8.78 Å². The Morgan fingerprint density at radius 3 is 2.31 bits per heavy atom. The molecule has 0 aromatic heterocycles. The second kappa shape index (κ2) is 5.65. The molecule has 0 bridgehead atoms. The van der Waals surface area contributed by atoms with Crippen LogP contribution in [-0.4, -0.2) is 11.8 Å². The van der Waals surface area contributed by atoms with Gasteiger partial charge in [0, 0.05) is 17.3 Å². The lowest BCUT2D eigenvalue weighted by Gasteiger charge is -2.24. The smallest absolute Gasteiger partial charge is 0.143 e. The van der Waals surface area contributed by atoms with Crippen LogP contribution in [0.1, 0.15) is 12.5 Å². The van der Waals surface area contributed by atoms with Crippen molar-refractivity contribution in [3.05, 3.63) is 33.8 Å². The van der Waals surface area contributed by atoms with Crippen molar-refractivity contribution in [2.75, 3.05) is 11.8 Å². The van der Waals surface area contributed by atoms with E-state index in [2.05, 4.69) is 15.9 Å². The average molecular weight is 332 g/mol. The minimum Gasteiger partial charge on any atom is -0.207 e. The Hall–Kier alpha value is 0.140. The number of halogens is 5. The van der Waals surface area contributed by atoms with Crippen LogP contribution < -0.4 is 0 Å². The Morgan fingerprint density at radius 1 is 1.25 bits per heavy atom. The van der Waals surface area contributed by atoms with Crippen LogP contribution in [0.15, 0.2) is 16.6 Å². The normalized spacial score (nSPS) is 11.9. The minimum atomic E-state index is -0.582. The van der Waals surface area contributed by atoms with E-state index in [0.29, 0.717) is 0 Å². The molecule has 0 aliphatic carbocycles. The molecule has 0 aliphatic heterocycles. The van der Waals surface area contributed by atoms with Crippen molar-refractivity contribution in [2.45, 2.75) is 13.3 Å². The number of benzene rings is 1. The molecule has 1 aromatic carbocycles. The lowest BCUT2D eigenvalue weighted by Crippen LogP contribution is -2.25. The predicted octanol–water partition coefficient (Wildman–Crippen LogP) is 4.75. The molecular weight excluding hydrogens is 321 g/mol. The summed E-state index contributed by atoms with van der Waals surface area (Å²) in [5, 5.41) is 0. The Bertz CT molecular complexity index is 378. The number of alkyl halides is 2. The molecule has 1 aromatic rings. The molecule has 0 unspecified atom stereocenters. The molecule has 16 heavy (non-hydrogen) atoms. The molecule has 1 rings (SSSR count). The quantitative estimate of drug-likeness (QED) is 0.551. The zero-order valence-corrected chi connectivity index (χ0v) is 11.8. The molecule has 0 heterocycles. The fourth-order valence-electron chi connectivity index (χ4n) is 1.29. The maximum absolute atomic E-state index is 13.7. The van der Waals surface area contributed by atoms with Crippen molar-refractivity contribution in [1.82, 2.24) is 0 Å². The van der Waals surface area contributed by atoms with Crippen LogP contribution in [0.5, 0.6) is 0 Å². The van der Waals surface area contributed by atoms with Crippen molar-refractivity contribution >= 4 is 39.1 Å². The van der Waals surface area contributed by atoms with Crippen LogP contribution in [-0.2, 0) is 6.42 Å². The van der Waals surface area contributed by atoms with E-state index < -0.39 is 17.0 Å². The molecule has 0 saturated carbocycles. The molecule has 0 spiro atoms. The van der Waals surface area contributed by atoms with Crippen molar-refractivity contribution in [2.24, 2.45) is 5.41 Å². The van der Waals surface area contributed by atoms with Crippen molar-refractivity contribution in [3.8, 4) is 0 Å². The third-order valence-corrected chi connectivity index (χ3v) is 4.29. The van der Waals surface area contributed by atoms with Crippen LogP contribution >= 0.6 is 39.1 Å².